The Morgan fingerprint density at radius 3 is 2.38 bits per heavy atom. The van der Waals surface area contributed by atoms with Gasteiger partial charge >= 0.3 is 5.97 Å². The smallest absolute Gasteiger partial charge is 0.346 e. The number of hydrazone groups is 1. The van der Waals surface area contributed by atoms with Gasteiger partial charge in [0.2, 0.25) is 0 Å². The van der Waals surface area contributed by atoms with E-state index in [1.165, 1.54) is 27.6 Å². The Labute approximate surface area is 311 Å². The van der Waals surface area contributed by atoms with Crippen molar-refractivity contribution in [3.8, 4) is 28.5 Å². The van der Waals surface area contributed by atoms with Crippen molar-refractivity contribution in [2.45, 2.75) is 33.2 Å². The van der Waals surface area contributed by atoms with E-state index in [-0.39, 0.29) is 11.6 Å². The number of hydrogen-bond acceptors (Lipinski definition) is 8. The summed E-state index contributed by atoms with van der Waals surface area (Å²) in [6, 6.07) is 36.9. The summed E-state index contributed by atoms with van der Waals surface area (Å²) < 4.78 is 1.19. The lowest BCUT2D eigenvalue weighted by molar-refractivity contribution is -0.132. The number of carboxylic acid groups (broad SMARTS) is 1. The van der Waals surface area contributed by atoms with E-state index in [4.69, 9.17) is 20.5 Å². The first-order valence-corrected chi connectivity index (χ1v) is 18.7. The quantitative estimate of drug-likeness (QED) is 0.0910. The second-order valence-electron chi connectivity index (χ2n) is 12.4. The number of carboxylic acids is 1. The molecule has 0 spiro atoms. The summed E-state index contributed by atoms with van der Waals surface area (Å²) in [5, 5.41) is 26.5. The Bertz CT molecular complexity index is 2420. The van der Waals surface area contributed by atoms with Crippen molar-refractivity contribution in [1.82, 2.24) is 4.98 Å². The van der Waals surface area contributed by atoms with Crippen LogP contribution in [0, 0.1) is 30.1 Å². The molecular formula is C43H35N5O2S2. The zero-order valence-electron chi connectivity index (χ0n) is 29.0. The third-order valence-corrected chi connectivity index (χ3v) is 11.1. The molecule has 2 aromatic heterocycles. The van der Waals surface area contributed by atoms with Crippen molar-refractivity contribution in [3.63, 3.8) is 0 Å². The van der Waals surface area contributed by atoms with E-state index < -0.39 is 5.97 Å². The number of nitriles is 1. The van der Waals surface area contributed by atoms with E-state index in [0.717, 1.165) is 62.3 Å². The normalized spacial score (nSPS) is 14.1. The van der Waals surface area contributed by atoms with Crippen LogP contribution in [-0.4, -0.2) is 34.9 Å². The van der Waals surface area contributed by atoms with Crippen LogP contribution in [-0.2, 0) is 4.79 Å². The fourth-order valence-corrected chi connectivity index (χ4v) is 8.15. The molecule has 0 aliphatic carbocycles. The molecule has 1 N–H and O–H groups in total. The summed E-state index contributed by atoms with van der Waals surface area (Å²) in [7, 11) is 0. The topological polar surface area (TPSA) is 92.8 Å². The second kappa shape index (κ2) is 15.1. The molecule has 0 amide bonds. The standard InChI is InChI=1S/C43H35N5O2S2/c1-4-47(5-2)34-16-12-31(13-17-34)39-26-38(40-23-21-36(51-40)20-11-29-7-9-30(10-8-29)25-33(27-44)43(49)50)46-48(39)35-18-14-32(15-19-35)42-45-37-22-6-28(3)24-41(37)52-42/h6-10,12-19,21-25,39H,4-5,26H2,1-3H3,(H,49,50). The number of thiophene rings is 1. The van der Waals surface area contributed by atoms with Gasteiger partial charge in [0.25, 0.3) is 0 Å². The first kappa shape index (κ1) is 34.4. The van der Waals surface area contributed by atoms with Crippen LogP contribution in [0.25, 0.3) is 26.9 Å². The molecule has 0 bridgehead atoms. The number of nitrogens with zero attached hydrogens (tertiary/aromatic N) is 5. The largest absolute Gasteiger partial charge is 0.477 e. The average Bonchev–Trinajstić information content (AvgIpc) is 3.93. The molecule has 0 saturated carbocycles. The molecule has 52 heavy (non-hydrogen) atoms. The minimum absolute atomic E-state index is 0.0314. The number of aromatic nitrogens is 1. The van der Waals surface area contributed by atoms with Gasteiger partial charge in [-0.3, -0.25) is 5.01 Å². The van der Waals surface area contributed by atoms with Crippen molar-refractivity contribution >= 4 is 62.0 Å². The molecule has 1 aliphatic heterocycles. The van der Waals surface area contributed by atoms with E-state index >= 15 is 0 Å². The predicted octanol–water partition coefficient (Wildman–Crippen LogP) is 9.93. The SMILES string of the molecule is CCN(CC)c1ccc(C2CC(c3ccc(C#Cc4ccc(C=C(C#N)C(=O)O)cc4)s3)=NN2c2ccc(-c3nc4ccc(C)cc4s3)cc2)cc1. The maximum absolute atomic E-state index is 11.2. The van der Waals surface area contributed by atoms with Crippen LogP contribution in [0.2, 0.25) is 0 Å². The van der Waals surface area contributed by atoms with Crippen LogP contribution >= 0.6 is 22.7 Å². The molecule has 1 aliphatic rings. The summed E-state index contributed by atoms with van der Waals surface area (Å²) in [6.07, 6.45) is 2.11. The Kier molecular flexibility index (Phi) is 9.99. The number of carbonyl (C=O) groups is 1. The summed E-state index contributed by atoms with van der Waals surface area (Å²) in [5.74, 6) is 5.23. The van der Waals surface area contributed by atoms with Gasteiger partial charge in [-0.15, -0.1) is 22.7 Å². The number of rotatable bonds is 9. The molecule has 1 unspecified atom stereocenters. The second-order valence-corrected chi connectivity index (χ2v) is 14.5. The molecule has 9 heteroatoms. The Balaban J connectivity index is 1.15. The summed E-state index contributed by atoms with van der Waals surface area (Å²) >= 11 is 3.34. The van der Waals surface area contributed by atoms with Gasteiger partial charge in [-0.2, -0.15) is 10.4 Å². The van der Waals surface area contributed by atoms with E-state index in [1.807, 2.05) is 18.2 Å². The van der Waals surface area contributed by atoms with Gasteiger partial charge < -0.3 is 10.0 Å². The third kappa shape index (κ3) is 7.38. The molecule has 1 atom stereocenters. The minimum atomic E-state index is -1.25. The van der Waals surface area contributed by atoms with Crippen LogP contribution in [0.5, 0.6) is 0 Å². The van der Waals surface area contributed by atoms with Gasteiger partial charge in [-0.25, -0.2) is 9.78 Å². The van der Waals surface area contributed by atoms with Crippen molar-refractivity contribution in [1.29, 1.82) is 5.26 Å². The van der Waals surface area contributed by atoms with Crippen molar-refractivity contribution < 1.29 is 9.90 Å². The molecule has 4 aromatic carbocycles. The minimum Gasteiger partial charge on any atom is -0.477 e. The highest BCUT2D eigenvalue weighted by Crippen LogP contribution is 2.39. The molecule has 0 saturated heterocycles. The molecule has 0 fully saturated rings. The summed E-state index contributed by atoms with van der Waals surface area (Å²) in [6.45, 7) is 8.39. The fourth-order valence-electron chi connectivity index (χ4n) is 6.23. The molecule has 6 aromatic rings. The van der Waals surface area contributed by atoms with Crippen molar-refractivity contribution in [3.05, 3.63) is 141 Å². The van der Waals surface area contributed by atoms with E-state index in [0.29, 0.717) is 5.56 Å². The lowest BCUT2D eigenvalue weighted by atomic mass is 10.00. The van der Waals surface area contributed by atoms with Gasteiger partial charge in [-0.05, 0) is 116 Å². The van der Waals surface area contributed by atoms with Gasteiger partial charge in [0.05, 0.1) is 37.4 Å². The van der Waals surface area contributed by atoms with E-state index in [2.05, 4.69) is 115 Å². The molecule has 256 valence electrons. The van der Waals surface area contributed by atoms with Gasteiger partial charge in [0.1, 0.15) is 16.6 Å². The zero-order valence-corrected chi connectivity index (χ0v) is 30.6. The summed E-state index contributed by atoms with van der Waals surface area (Å²) in [4.78, 5) is 20.4. The van der Waals surface area contributed by atoms with Crippen molar-refractivity contribution in [2.75, 3.05) is 23.0 Å². The molecule has 3 heterocycles. The van der Waals surface area contributed by atoms with Gasteiger partial charge in [0, 0.05) is 36.3 Å². The maximum atomic E-state index is 11.2. The Hall–Kier alpha value is -6.00. The van der Waals surface area contributed by atoms with Crippen LogP contribution in [0.4, 0.5) is 11.4 Å². The lowest BCUT2D eigenvalue weighted by Gasteiger charge is -2.26. The molecule has 7 nitrogen and oxygen atoms in total. The zero-order chi connectivity index (χ0) is 36.2. The van der Waals surface area contributed by atoms with Crippen LogP contribution in [0.1, 0.15) is 58.3 Å². The highest BCUT2D eigenvalue weighted by molar-refractivity contribution is 7.21. The van der Waals surface area contributed by atoms with E-state index in [1.54, 1.807) is 40.9 Å². The highest BCUT2D eigenvalue weighted by atomic mass is 32.1. The van der Waals surface area contributed by atoms with Crippen LogP contribution < -0.4 is 9.91 Å². The fraction of sp³-hybridized carbons (Fsp3) is 0.163. The Morgan fingerprint density at radius 2 is 1.69 bits per heavy atom. The first-order valence-electron chi connectivity index (χ1n) is 17.1. The number of hydrogen-bond donors (Lipinski definition) is 1. The number of anilines is 2. The first-order chi connectivity index (χ1) is 25.3. The molecular weight excluding hydrogens is 683 g/mol. The van der Waals surface area contributed by atoms with Crippen molar-refractivity contribution in [2.24, 2.45) is 5.10 Å². The molecule has 7 rings (SSSR count). The lowest BCUT2D eigenvalue weighted by Crippen LogP contribution is -2.22. The van der Waals surface area contributed by atoms with Gasteiger partial charge in [-0.1, -0.05) is 42.2 Å². The highest BCUT2D eigenvalue weighted by Gasteiger charge is 2.31. The maximum Gasteiger partial charge on any atom is 0.346 e. The van der Waals surface area contributed by atoms with Crippen LogP contribution in [0.3, 0.4) is 0 Å². The number of benzene rings is 4. The predicted molar refractivity (Wildman–Crippen MR) is 214 cm³/mol. The monoisotopic (exact) mass is 717 g/mol. The third-order valence-electron chi connectivity index (χ3n) is 9.03. The number of aliphatic carboxylic acids is 1. The summed E-state index contributed by atoms with van der Waals surface area (Å²) in [5.41, 5.74) is 8.92. The molecule has 0 radical (unpaired) electrons. The number of thiazole rings is 1. The number of fused-ring (bicyclic) bond motifs is 1. The Morgan fingerprint density at radius 1 is 0.942 bits per heavy atom. The van der Waals surface area contributed by atoms with Crippen LogP contribution in [0.15, 0.2) is 114 Å². The number of aryl methyl sites for hydroxylation is 1. The van der Waals surface area contributed by atoms with Gasteiger partial charge in [0.15, 0.2) is 0 Å². The van der Waals surface area contributed by atoms with E-state index in [9.17, 15) is 4.79 Å². The average molecular weight is 718 g/mol.